The Morgan fingerprint density at radius 2 is 1.96 bits per heavy atom. The van der Waals surface area contributed by atoms with Crippen LogP contribution in [0.4, 0.5) is 0 Å². The van der Waals surface area contributed by atoms with Gasteiger partial charge in [-0.1, -0.05) is 36.2 Å². The van der Waals surface area contributed by atoms with Crippen LogP contribution in [0, 0.1) is 34.5 Å². The second-order valence-electron chi connectivity index (χ2n) is 10.1. The minimum Gasteiger partial charge on any atom is -0.393 e. The highest BCUT2D eigenvalue weighted by atomic mass is 79.9. The van der Waals surface area contributed by atoms with Crippen molar-refractivity contribution < 1.29 is 9.84 Å². The maximum Gasteiger partial charge on any atom is 0.0738 e. The van der Waals surface area contributed by atoms with Gasteiger partial charge in [0.05, 0.1) is 23.1 Å². The molecule has 5 fully saturated rings. The molecule has 0 aromatic heterocycles. The Hall–Kier alpha value is 0.400. The summed E-state index contributed by atoms with van der Waals surface area (Å²) in [5.41, 5.74) is 0.887. The fraction of sp³-hybridized carbons (Fsp3) is 1.00. The van der Waals surface area contributed by atoms with E-state index in [1.807, 2.05) is 0 Å². The van der Waals surface area contributed by atoms with Crippen LogP contribution in [0.25, 0.3) is 0 Å². The standard InChI is InChI=1S/C21H33BrO2/c1-3-13-4-5-16-15-10-18-21(22)11-14(23)6-9-20(21,12-24-18)17(15)7-8-19(13,16)2/h13-18,23H,3-12H2,1-2H3/t13-,14-,15-,16-,17-,18+,19+,20-,21-/m0/s1. The minimum absolute atomic E-state index is 0.0509. The van der Waals surface area contributed by atoms with Gasteiger partial charge in [-0.25, -0.2) is 0 Å². The van der Waals surface area contributed by atoms with Crippen LogP contribution in [-0.2, 0) is 4.74 Å². The fourth-order valence-corrected chi connectivity index (χ4v) is 9.79. The SMILES string of the molecule is CC[C@H]1CC[C@H]2[C@@H]3C[C@H]4OC[C@@]5(CC[C@H](O)C[C@]45Br)[C@H]3CC[C@]12C. The summed E-state index contributed by atoms with van der Waals surface area (Å²) in [6.07, 6.45) is 11.6. The topological polar surface area (TPSA) is 29.5 Å². The number of alkyl halides is 1. The smallest absolute Gasteiger partial charge is 0.0738 e. The maximum atomic E-state index is 10.3. The first-order chi connectivity index (χ1) is 11.4. The summed E-state index contributed by atoms with van der Waals surface area (Å²) in [5, 5.41) is 10.3. The molecular formula is C21H33BrO2. The summed E-state index contributed by atoms with van der Waals surface area (Å²) in [6, 6.07) is 0. The van der Waals surface area contributed by atoms with Gasteiger partial charge in [-0.05, 0) is 80.5 Å². The molecule has 0 aromatic rings. The van der Waals surface area contributed by atoms with E-state index in [0.717, 1.165) is 49.5 Å². The molecule has 0 spiro atoms. The van der Waals surface area contributed by atoms with Crippen LogP contribution in [0.3, 0.4) is 0 Å². The molecule has 0 unspecified atom stereocenters. The van der Waals surface area contributed by atoms with Crippen molar-refractivity contribution >= 4 is 15.9 Å². The first kappa shape index (κ1) is 16.6. The maximum absolute atomic E-state index is 10.3. The molecule has 9 atom stereocenters. The van der Waals surface area contributed by atoms with E-state index >= 15 is 0 Å². The lowest BCUT2D eigenvalue weighted by molar-refractivity contribution is -0.102. The molecule has 4 aliphatic carbocycles. The Bertz CT molecular complexity index is 538. The van der Waals surface area contributed by atoms with Crippen LogP contribution in [0.5, 0.6) is 0 Å². The van der Waals surface area contributed by atoms with E-state index < -0.39 is 0 Å². The molecule has 0 radical (unpaired) electrons. The largest absolute Gasteiger partial charge is 0.393 e. The zero-order chi connectivity index (χ0) is 16.7. The Labute approximate surface area is 155 Å². The molecule has 5 rings (SSSR count). The summed E-state index contributed by atoms with van der Waals surface area (Å²) in [4.78, 5) is 0. The van der Waals surface area contributed by atoms with Crippen molar-refractivity contribution in [1.29, 1.82) is 0 Å². The molecular weight excluding hydrogens is 364 g/mol. The van der Waals surface area contributed by atoms with E-state index in [4.69, 9.17) is 4.74 Å². The van der Waals surface area contributed by atoms with Gasteiger partial charge in [0.2, 0.25) is 0 Å². The monoisotopic (exact) mass is 396 g/mol. The predicted molar refractivity (Wildman–Crippen MR) is 99.1 cm³/mol. The van der Waals surface area contributed by atoms with Crippen molar-refractivity contribution in [2.75, 3.05) is 6.61 Å². The van der Waals surface area contributed by atoms with E-state index in [0.29, 0.717) is 16.9 Å². The lowest BCUT2D eigenvalue weighted by Crippen LogP contribution is -2.63. The molecule has 0 aromatic carbocycles. The molecule has 3 heteroatoms. The van der Waals surface area contributed by atoms with Gasteiger partial charge in [-0.15, -0.1) is 0 Å². The van der Waals surface area contributed by atoms with Crippen molar-refractivity contribution in [2.45, 2.75) is 88.2 Å². The van der Waals surface area contributed by atoms with E-state index in [2.05, 4.69) is 29.8 Å². The van der Waals surface area contributed by atoms with Gasteiger partial charge in [0.1, 0.15) is 0 Å². The van der Waals surface area contributed by atoms with Gasteiger partial charge < -0.3 is 9.84 Å². The highest BCUT2D eigenvalue weighted by Crippen LogP contribution is 2.72. The second-order valence-corrected chi connectivity index (χ2v) is 11.5. The van der Waals surface area contributed by atoms with Crippen molar-refractivity contribution in [3.8, 4) is 0 Å². The predicted octanol–water partition coefficient (Wildman–Crippen LogP) is 4.92. The lowest BCUT2D eigenvalue weighted by Gasteiger charge is -2.62. The number of fused-ring (bicyclic) bond motifs is 3. The van der Waals surface area contributed by atoms with Gasteiger partial charge in [0.15, 0.2) is 0 Å². The normalized spacial score (nSPS) is 62.0. The highest BCUT2D eigenvalue weighted by Gasteiger charge is 2.71. The number of hydrogen-bond donors (Lipinski definition) is 1. The van der Waals surface area contributed by atoms with E-state index in [-0.39, 0.29) is 10.4 Å². The molecule has 0 amide bonds. The van der Waals surface area contributed by atoms with Crippen molar-refractivity contribution in [1.82, 2.24) is 0 Å². The van der Waals surface area contributed by atoms with Crippen molar-refractivity contribution in [3.63, 3.8) is 0 Å². The minimum atomic E-state index is -0.136. The van der Waals surface area contributed by atoms with Gasteiger partial charge in [0.25, 0.3) is 0 Å². The first-order valence-electron chi connectivity index (χ1n) is 10.4. The number of aliphatic hydroxyl groups is 1. The summed E-state index contributed by atoms with van der Waals surface area (Å²) in [5.74, 6) is 3.56. The number of hydrogen-bond acceptors (Lipinski definition) is 2. The van der Waals surface area contributed by atoms with Crippen LogP contribution in [-0.4, -0.2) is 28.2 Å². The zero-order valence-corrected chi connectivity index (χ0v) is 16.9. The van der Waals surface area contributed by atoms with Gasteiger partial charge >= 0.3 is 0 Å². The third-order valence-electron chi connectivity index (χ3n) is 9.66. The van der Waals surface area contributed by atoms with E-state index in [9.17, 15) is 5.11 Å². The number of ether oxygens (including phenoxy) is 1. The third-order valence-corrected chi connectivity index (χ3v) is 11.3. The molecule has 5 aliphatic rings. The van der Waals surface area contributed by atoms with E-state index in [1.165, 1.54) is 38.5 Å². The Kier molecular flexibility index (Phi) is 3.61. The number of rotatable bonds is 1. The average Bonchev–Trinajstić information content (AvgIpc) is 2.96. The molecule has 4 saturated carbocycles. The van der Waals surface area contributed by atoms with E-state index in [1.54, 1.807) is 0 Å². The highest BCUT2D eigenvalue weighted by molar-refractivity contribution is 9.10. The summed E-state index contributed by atoms with van der Waals surface area (Å²) in [6.45, 7) is 5.97. The molecule has 24 heavy (non-hydrogen) atoms. The molecule has 2 nitrogen and oxygen atoms in total. The Morgan fingerprint density at radius 1 is 1.12 bits per heavy atom. The molecule has 1 heterocycles. The lowest BCUT2D eigenvalue weighted by atomic mass is 9.44. The van der Waals surface area contributed by atoms with Crippen molar-refractivity contribution in [3.05, 3.63) is 0 Å². The average molecular weight is 397 g/mol. The van der Waals surface area contributed by atoms with Gasteiger partial charge in [-0.2, -0.15) is 0 Å². The molecule has 136 valence electrons. The third kappa shape index (κ3) is 1.80. The van der Waals surface area contributed by atoms with Crippen LogP contribution in [0.2, 0.25) is 0 Å². The second kappa shape index (κ2) is 5.23. The zero-order valence-electron chi connectivity index (χ0n) is 15.3. The molecule has 2 bridgehead atoms. The Balaban J connectivity index is 1.53. The number of aliphatic hydroxyl groups excluding tert-OH is 1. The van der Waals surface area contributed by atoms with Crippen molar-refractivity contribution in [2.24, 2.45) is 34.5 Å². The van der Waals surface area contributed by atoms with Crippen LogP contribution in [0.15, 0.2) is 0 Å². The number of halogens is 1. The summed E-state index contributed by atoms with van der Waals surface area (Å²) >= 11 is 4.19. The fourth-order valence-electron chi connectivity index (χ4n) is 8.49. The molecule has 1 N–H and O–H groups in total. The van der Waals surface area contributed by atoms with Crippen LogP contribution >= 0.6 is 15.9 Å². The first-order valence-corrected chi connectivity index (χ1v) is 11.2. The van der Waals surface area contributed by atoms with Crippen LogP contribution < -0.4 is 0 Å². The van der Waals surface area contributed by atoms with Gasteiger partial charge in [-0.3, -0.25) is 0 Å². The molecule has 1 aliphatic heterocycles. The summed E-state index contributed by atoms with van der Waals surface area (Å²) < 4.78 is 6.49. The summed E-state index contributed by atoms with van der Waals surface area (Å²) in [7, 11) is 0. The quantitative estimate of drug-likeness (QED) is 0.637. The molecule has 1 saturated heterocycles. The Morgan fingerprint density at radius 3 is 2.75 bits per heavy atom. The van der Waals surface area contributed by atoms with Crippen LogP contribution in [0.1, 0.15) is 71.6 Å². The van der Waals surface area contributed by atoms with Gasteiger partial charge in [0, 0.05) is 5.41 Å².